The van der Waals surface area contributed by atoms with Gasteiger partial charge in [-0.1, -0.05) is 6.07 Å². The van der Waals surface area contributed by atoms with Crippen LogP contribution in [0.5, 0.6) is 0 Å². The van der Waals surface area contributed by atoms with Gasteiger partial charge in [-0.2, -0.15) is 0 Å². The van der Waals surface area contributed by atoms with Crippen molar-refractivity contribution >= 4 is 17.2 Å². The number of hydrogen-bond acceptors (Lipinski definition) is 4. The molecule has 2 N–H and O–H groups in total. The first-order chi connectivity index (χ1) is 8.84. The van der Waals surface area contributed by atoms with Crippen molar-refractivity contribution in [1.29, 1.82) is 0 Å². The molecule has 1 unspecified atom stereocenters. The van der Waals surface area contributed by atoms with Crippen molar-refractivity contribution in [1.82, 2.24) is 10.6 Å². The number of nitrogens with one attached hydrogen (secondary N) is 2. The number of carbonyl (C=O) groups excluding carboxylic acids is 1. The van der Waals surface area contributed by atoms with E-state index in [1.807, 2.05) is 6.07 Å². The van der Waals surface area contributed by atoms with Gasteiger partial charge in [-0.25, -0.2) is 0 Å². The summed E-state index contributed by atoms with van der Waals surface area (Å²) in [5.41, 5.74) is 0. The molecule has 4 nitrogen and oxygen atoms in total. The zero-order valence-corrected chi connectivity index (χ0v) is 11.3. The first kappa shape index (κ1) is 13.5. The van der Waals surface area contributed by atoms with Crippen LogP contribution < -0.4 is 10.6 Å². The normalized spacial score (nSPS) is 19.7. The third-order valence-corrected chi connectivity index (χ3v) is 3.87. The lowest BCUT2D eigenvalue weighted by molar-refractivity contribution is -0.122. The number of hydrogen-bond donors (Lipinski definition) is 2. The van der Waals surface area contributed by atoms with Crippen molar-refractivity contribution in [2.45, 2.75) is 25.4 Å². The van der Waals surface area contributed by atoms with Gasteiger partial charge in [-0.15, -0.1) is 11.3 Å². The first-order valence-electron chi connectivity index (χ1n) is 6.46. The van der Waals surface area contributed by atoms with Gasteiger partial charge in [-0.3, -0.25) is 4.79 Å². The molecule has 100 valence electrons. The minimum atomic E-state index is 0.125. The SMILES string of the molecule is O=C(CCCc1cccs1)NCC1CNCCO1. The molecule has 1 aliphatic heterocycles. The minimum Gasteiger partial charge on any atom is -0.374 e. The number of rotatable bonds is 6. The largest absolute Gasteiger partial charge is 0.374 e. The molecule has 0 aromatic carbocycles. The number of thiophene rings is 1. The van der Waals surface area contributed by atoms with Gasteiger partial charge in [0, 0.05) is 30.9 Å². The lowest BCUT2D eigenvalue weighted by Crippen LogP contribution is -2.45. The highest BCUT2D eigenvalue weighted by Crippen LogP contribution is 2.11. The Morgan fingerprint density at radius 1 is 1.61 bits per heavy atom. The number of morpholine rings is 1. The molecule has 0 saturated carbocycles. The Hall–Kier alpha value is -0.910. The summed E-state index contributed by atoms with van der Waals surface area (Å²) in [4.78, 5) is 13.0. The Morgan fingerprint density at radius 3 is 3.28 bits per heavy atom. The monoisotopic (exact) mass is 268 g/mol. The van der Waals surface area contributed by atoms with Crippen molar-refractivity contribution in [2.24, 2.45) is 0 Å². The van der Waals surface area contributed by atoms with Crippen LogP contribution in [0.1, 0.15) is 17.7 Å². The van der Waals surface area contributed by atoms with Gasteiger partial charge in [-0.05, 0) is 24.3 Å². The van der Waals surface area contributed by atoms with Crippen LogP contribution in [0.15, 0.2) is 17.5 Å². The maximum atomic E-state index is 11.6. The molecule has 0 spiro atoms. The molecule has 1 atom stereocenters. The van der Waals surface area contributed by atoms with Crippen LogP contribution >= 0.6 is 11.3 Å². The smallest absolute Gasteiger partial charge is 0.220 e. The van der Waals surface area contributed by atoms with Crippen LogP contribution in [-0.2, 0) is 16.0 Å². The van der Waals surface area contributed by atoms with Gasteiger partial charge in [0.2, 0.25) is 5.91 Å². The van der Waals surface area contributed by atoms with Crippen molar-refractivity contribution in [3.63, 3.8) is 0 Å². The number of ether oxygens (including phenoxy) is 1. The van der Waals surface area contributed by atoms with E-state index in [9.17, 15) is 4.79 Å². The van der Waals surface area contributed by atoms with Crippen LogP contribution in [0.2, 0.25) is 0 Å². The highest BCUT2D eigenvalue weighted by atomic mass is 32.1. The average Bonchev–Trinajstić information content (AvgIpc) is 2.91. The lowest BCUT2D eigenvalue weighted by Gasteiger charge is -2.23. The molecule has 1 saturated heterocycles. The predicted molar refractivity (Wildman–Crippen MR) is 72.9 cm³/mol. The second kappa shape index (κ2) is 7.51. The van der Waals surface area contributed by atoms with E-state index in [0.717, 1.165) is 32.5 Å². The highest BCUT2D eigenvalue weighted by Gasteiger charge is 2.13. The molecule has 18 heavy (non-hydrogen) atoms. The molecule has 1 aromatic rings. The van der Waals surface area contributed by atoms with Gasteiger partial charge in [0.1, 0.15) is 0 Å². The van der Waals surface area contributed by atoms with Crippen molar-refractivity contribution in [2.75, 3.05) is 26.2 Å². The summed E-state index contributed by atoms with van der Waals surface area (Å²) in [7, 11) is 0. The van der Waals surface area contributed by atoms with Crippen LogP contribution in [0.4, 0.5) is 0 Å². The van der Waals surface area contributed by atoms with Crippen LogP contribution in [0.25, 0.3) is 0 Å². The molecule has 2 heterocycles. The standard InChI is InChI=1S/C13H20N2O2S/c16-13(5-1-3-12-4-2-8-18-12)15-10-11-9-14-6-7-17-11/h2,4,8,11,14H,1,3,5-7,9-10H2,(H,15,16). The minimum absolute atomic E-state index is 0.125. The van der Waals surface area contributed by atoms with E-state index in [4.69, 9.17) is 4.74 Å². The van der Waals surface area contributed by atoms with Crippen molar-refractivity contribution < 1.29 is 9.53 Å². The molecule has 0 bridgehead atoms. The quantitative estimate of drug-likeness (QED) is 0.814. The van der Waals surface area contributed by atoms with Gasteiger partial charge >= 0.3 is 0 Å². The molecule has 5 heteroatoms. The Bertz CT molecular complexity index is 348. The maximum absolute atomic E-state index is 11.6. The van der Waals surface area contributed by atoms with E-state index in [2.05, 4.69) is 22.1 Å². The summed E-state index contributed by atoms with van der Waals surface area (Å²) in [6.45, 7) is 3.09. The van der Waals surface area contributed by atoms with Crippen molar-refractivity contribution in [3.8, 4) is 0 Å². The Morgan fingerprint density at radius 2 is 2.56 bits per heavy atom. The molecule has 1 amide bonds. The third kappa shape index (κ3) is 4.76. The molecule has 0 radical (unpaired) electrons. The van der Waals surface area contributed by atoms with E-state index in [1.54, 1.807) is 11.3 Å². The summed E-state index contributed by atoms with van der Waals surface area (Å²) in [6, 6.07) is 4.16. The molecule has 0 aliphatic carbocycles. The van der Waals surface area contributed by atoms with E-state index >= 15 is 0 Å². The summed E-state index contributed by atoms with van der Waals surface area (Å²) in [6.07, 6.45) is 2.63. The van der Waals surface area contributed by atoms with Gasteiger partial charge in [0.15, 0.2) is 0 Å². The molecule has 1 aromatic heterocycles. The van der Waals surface area contributed by atoms with Crippen LogP contribution in [-0.4, -0.2) is 38.3 Å². The zero-order valence-electron chi connectivity index (χ0n) is 10.5. The van der Waals surface area contributed by atoms with E-state index in [-0.39, 0.29) is 12.0 Å². The second-order valence-corrected chi connectivity index (χ2v) is 5.47. The second-order valence-electron chi connectivity index (χ2n) is 4.43. The summed E-state index contributed by atoms with van der Waals surface area (Å²) in [5.74, 6) is 0.126. The first-order valence-corrected chi connectivity index (χ1v) is 7.34. The van der Waals surface area contributed by atoms with E-state index in [1.165, 1.54) is 4.88 Å². The highest BCUT2D eigenvalue weighted by molar-refractivity contribution is 7.09. The maximum Gasteiger partial charge on any atom is 0.220 e. The van der Waals surface area contributed by atoms with Gasteiger partial charge in [0.25, 0.3) is 0 Å². The van der Waals surface area contributed by atoms with Crippen LogP contribution in [0, 0.1) is 0 Å². The predicted octanol–water partition coefficient (Wildman–Crippen LogP) is 1.18. The van der Waals surface area contributed by atoms with Crippen LogP contribution in [0.3, 0.4) is 0 Å². The number of carbonyl (C=O) groups is 1. The molecule has 2 rings (SSSR count). The summed E-state index contributed by atoms with van der Waals surface area (Å²) >= 11 is 1.75. The third-order valence-electron chi connectivity index (χ3n) is 2.94. The molecule has 1 aliphatic rings. The van der Waals surface area contributed by atoms with Gasteiger partial charge < -0.3 is 15.4 Å². The fourth-order valence-corrected chi connectivity index (χ4v) is 2.70. The Balaban J connectivity index is 1.54. The number of amides is 1. The molecule has 1 fully saturated rings. The van der Waals surface area contributed by atoms with Crippen molar-refractivity contribution in [3.05, 3.63) is 22.4 Å². The van der Waals surface area contributed by atoms with E-state index < -0.39 is 0 Å². The summed E-state index contributed by atoms with van der Waals surface area (Å²) in [5, 5.41) is 8.25. The lowest BCUT2D eigenvalue weighted by atomic mass is 10.2. The molecular formula is C13H20N2O2S. The number of aryl methyl sites for hydroxylation is 1. The van der Waals surface area contributed by atoms with Gasteiger partial charge in [0.05, 0.1) is 12.7 Å². The zero-order chi connectivity index (χ0) is 12.6. The topological polar surface area (TPSA) is 50.4 Å². The Labute approximate surface area is 112 Å². The fourth-order valence-electron chi connectivity index (χ4n) is 1.94. The van der Waals surface area contributed by atoms with E-state index in [0.29, 0.717) is 13.0 Å². The average molecular weight is 268 g/mol. The summed E-state index contributed by atoms with van der Waals surface area (Å²) < 4.78 is 5.52. The Kier molecular flexibility index (Phi) is 5.64. The fraction of sp³-hybridized carbons (Fsp3) is 0.615. The molecular weight excluding hydrogens is 248 g/mol.